The Bertz CT molecular complexity index is 1370. The number of carbonyl (C=O) groups is 2. The molecule has 0 aromatic rings. The van der Waals surface area contributed by atoms with E-state index in [2.05, 4.69) is 19.6 Å². The maximum Gasteiger partial charge on any atom is 0.307 e. The number of hydrogen-bond donors (Lipinski definition) is 3. The maximum atomic E-state index is 13.7. The molecule has 10 nitrogen and oxygen atoms in total. The van der Waals surface area contributed by atoms with Gasteiger partial charge in [-0.05, 0) is 37.8 Å². The van der Waals surface area contributed by atoms with Gasteiger partial charge < -0.3 is 39.0 Å². The van der Waals surface area contributed by atoms with Gasteiger partial charge >= 0.3 is 11.9 Å². The van der Waals surface area contributed by atoms with Gasteiger partial charge in [-0.3, -0.25) is 9.59 Å². The van der Waals surface area contributed by atoms with Crippen LogP contribution in [-0.2, 0) is 33.3 Å². The van der Waals surface area contributed by atoms with Gasteiger partial charge in [0, 0.05) is 30.8 Å². The number of ketones is 1. The molecule has 3 heterocycles. The first-order chi connectivity index (χ1) is 22.3. The van der Waals surface area contributed by atoms with E-state index in [1.807, 2.05) is 13.0 Å². The smallest absolute Gasteiger partial charge is 0.307 e. The Morgan fingerprint density at radius 2 is 1.72 bits per heavy atom. The number of epoxide rings is 1. The fraction of sp³-hybridized carbons (Fsp3) is 0.730. The Labute approximate surface area is 277 Å². The maximum absolute atomic E-state index is 13.7. The van der Waals surface area contributed by atoms with Crippen LogP contribution in [0.3, 0.4) is 0 Å². The number of carbonyl (C=O) groups excluding carboxylic acids is 2. The van der Waals surface area contributed by atoms with Crippen molar-refractivity contribution in [3.8, 4) is 0 Å². The summed E-state index contributed by atoms with van der Waals surface area (Å²) >= 11 is 0. The molecule has 2 saturated carbocycles. The number of aliphatic hydroxyl groups is 3. The largest absolute Gasteiger partial charge is 0.459 e. The molecule has 3 aliphatic heterocycles. The summed E-state index contributed by atoms with van der Waals surface area (Å²) in [7, 11) is 0. The second-order valence-corrected chi connectivity index (χ2v) is 14.7. The van der Waals surface area contributed by atoms with Crippen LogP contribution in [-0.4, -0.2) is 86.5 Å². The summed E-state index contributed by atoms with van der Waals surface area (Å²) in [6.45, 7) is 12.3. The van der Waals surface area contributed by atoms with Crippen LogP contribution in [0.5, 0.6) is 0 Å². The molecule has 3 N–H and O–H groups in total. The topological polar surface area (TPSA) is 144 Å². The summed E-state index contributed by atoms with van der Waals surface area (Å²) in [6.07, 6.45) is 15.5. The molecule has 47 heavy (non-hydrogen) atoms. The molecule has 6 aliphatic rings. The first-order valence-corrected chi connectivity index (χ1v) is 17.5. The lowest BCUT2D eigenvalue weighted by atomic mass is 9.53. The molecule has 0 amide bonds. The second-order valence-electron chi connectivity index (χ2n) is 14.7. The van der Waals surface area contributed by atoms with Crippen molar-refractivity contribution in [1.82, 2.24) is 0 Å². The molecule has 6 rings (SSSR count). The highest BCUT2D eigenvalue weighted by Crippen LogP contribution is 2.73. The van der Waals surface area contributed by atoms with Crippen LogP contribution >= 0.6 is 0 Å². The summed E-state index contributed by atoms with van der Waals surface area (Å²) in [4.78, 5) is 26.4. The van der Waals surface area contributed by atoms with Crippen LogP contribution in [0.2, 0.25) is 0 Å². The zero-order chi connectivity index (χ0) is 34.0. The standard InChI is InChI=1S/C37H52O10/c1-7-8-9-10-11-12-13-14-15-16-17-18-19-34-45-31-27-30-33(21-38,44-30)32(41)35(42)26(20-23(4)28(35)40)37(27,47-34)24(5)29(43-25(6)39)36(31,46-34)22(2)3/h16-20,24,26-27,29-32,38,41-42H,2,7-15,21H2,1,3-6H3/b17-16+,19-18+/t24-,26-,27+,29-,30+,31-,32-,33+,34-,35-,36+,37+/m1/s1. The minimum absolute atomic E-state index is 0.252. The molecule has 0 radical (unpaired) electrons. The molecular formula is C37H52O10. The Kier molecular flexibility index (Phi) is 9.07. The van der Waals surface area contributed by atoms with Gasteiger partial charge in [-0.15, -0.1) is 0 Å². The van der Waals surface area contributed by atoms with E-state index in [9.17, 15) is 24.9 Å². The monoisotopic (exact) mass is 656 g/mol. The number of ether oxygens (including phenoxy) is 5. The number of Topliss-reactive ketones (excluding diaryl/α,β-unsaturated/α-hetero) is 1. The van der Waals surface area contributed by atoms with Crippen LogP contribution in [0.4, 0.5) is 0 Å². The fourth-order valence-corrected chi connectivity index (χ4v) is 9.55. The lowest BCUT2D eigenvalue weighted by Gasteiger charge is -2.61. The molecule has 12 atom stereocenters. The zero-order valence-electron chi connectivity index (χ0n) is 28.4. The van der Waals surface area contributed by atoms with Crippen molar-refractivity contribution in [2.24, 2.45) is 17.8 Å². The molecule has 0 unspecified atom stereocenters. The van der Waals surface area contributed by atoms with E-state index in [-0.39, 0.29) is 5.57 Å². The number of unbranched alkanes of at least 4 members (excludes halogenated alkanes) is 8. The Hall–Kier alpha value is -2.18. The summed E-state index contributed by atoms with van der Waals surface area (Å²) in [5.41, 5.74) is -6.13. The summed E-state index contributed by atoms with van der Waals surface area (Å²) in [5, 5.41) is 34.6. The van der Waals surface area contributed by atoms with Gasteiger partial charge in [0.1, 0.15) is 30.0 Å². The molecule has 0 aromatic heterocycles. The molecule has 0 aromatic carbocycles. The van der Waals surface area contributed by atoms with Crippen molar-refractivity contribution >= 4 is 11.8 Å². The predicted octanol–water partition coefficient (Wildman–Crippen LogP) is 4.36. The molecular weight excluding hydrogens is 604 g/mol. The van der Waals surface area contributed by atoms with Crippen LogP contribution in [0.15, 0.2) is 48.1 Å². The number of allylic oxidation sites excluding steroid dienone is 3. The van der Waals surface area contributed by atoms with Crippen LogP contribution in [0.25, 0.3) is 0 Å². The third kappa shape index (κ3) is 4.84. The van der Waals surface area contributed by atoms with Gasteiger partial charge in [-0.2, -0.15) is 0 Å². The third-order valence-electron chi connectivity index (χ3n) is 11.8. The number of hydrogen-bond acceptors (Lipinski definition) is 10. The number of esters is 1. The van der Waals surface area contributed by atoms with E-state index in [0.29, 0.717) is 5.57 Å². The molecule has 260 valence electrons. The van der Waals surface area contributed by atoms with Crippen molar-refractivity contribution in [1.29, 1.82) is 0 Å². The Morgan fingerprint density at radius 1 is 1.04 bits per heavy atom. The second kappa shape index (κ2) is 12.3. The van der Waals surface area contributed by atoms with Crippen LogP contribution in [0.1, 0.15) is 92.4 Å². The number of rotatable bonds is 14. The van der Waals surface area contributed by atoms with Gasteiger partial charge in [0.2, 0.25) is 0 Å². The lowest BCUT2D eigenvalue weighted by Crippen LogP contribution is -2.76. The average molecular weight is 657 g/mol. The lowest BCUT2D eigenvalue weighted by molar-refractivity contribution is -0.407. The SMILES string of the molecule is C=C(C)[C@@]12O[C@@]3(/C=C/C=C/CCCCCCCCCC)O[C@@H]1[C@@H]1[C@@H]4O[C@]4(CO)[C@@H](O)[C@]4(O)C(=O)C(C)=C[C@H]4[C@@]1(O3)[C@H](C)[C@H]2OC(C)=O. The van der Waals surface area contributed by atoms with Crippen molar-refractivity contribution in [3.05, 3.63) is 48.1 Å². The molecule has 3 aliphatic carbocycles. The number of aliphatic hydroxyl groups excluding tert-OH is 2. The Morgan fingerprint density at radius 3 is 2.36 bits per heavy atom. The first-order valence-electron chi connectivity index (χ1n) is 17.5. The van der Waals surface area contributed by atoms with Crippen molar-refractivity contribution < 1.29 is 48.6 Å². The average Bonchev–Trinajstić information content (AvgIpc) is 3.66. The van der Waals surface area contributed by atoms with Gasteiger partial charge in [-0.25, -0.2) is 0 Å². The van der Waals surface area contributed by atoms with Crippen molar-refractivity contribution in [2.75, 3.05) is 6.61 Å². The van der Waals surface area contributed by atoms with E-state index in [0.717, 1.165) is 12.8 Å². The van der Waals surface area contributed by atoms with E-state index >= 15 is 0 Å². The molecule has 5 fully saturated rings. The quantitative estimate of drug-likeness (QED) is 0.0811. The highest BCUT2D eigenvalue weighted by atomic mass is 16.9. The van der Waals surface area contributed by atoms with Gasteiger partial charge in [0.15, 0.2) is 17.0 Å². The van der Waals surface area contributed by atoms with Gasteiger partial charge in [-0.1, -0.05) is 89.7 Å². The summed E-state index contributed by atoms with van der Waals surface area (Å²) in [6, 6.07) is 0. The highest BCUT2D eigenvalue weighted by Gasteiger charge is 2.90. The minimum Gasteiger partial charge on any atom is -0.459 e. The highest BCUT2D eigenvalue weighted by molar-refractivity contribution is 6.05. The minimum atomic E-state index is -2.38. The van der Waals surface area contributed by atoms with Gasteiger partial charge in [0.25, 0.3) is 0 Å². The summed E-state index contributed by atoms with van der Waals surface area (Å²) in [5.74, 6) is -5.58. The fourth-order valence-electron chi connectivity index (χ4n) is 9.55. The molecule has 3 bridgehead atoms. The normalized spacial score (nSPS) is 45.9. The van der Waals surface area contributed by atoms with E-state index in [4.69, 9.17) is 23.7 Å². The van der Waals surface area contributed by atoms with E-state index in [1.165, 1.54) is 51.9 Å². The Balaban J connectivity index is 1.35. The molecule has 3 saturated heterocycles. The zero-order valence-corrected chi connectivity index (χ0v) is 28.4. The third-order valence-corrected chi connectivity index (χ3v) is 11.8. The predicted molar refractivity (Wildman–Crippen MR) is 172 cm³/mol. The van der Waals surface area contributed by atoms with E-state index in [1.54, 1.807) is 32.1 Å². The van der Waals surface area contributed by atoms with Crippen LogP contribution < -0.4 is 0 Å². The molecule has 10 heteroatoms. The number of fused-ring (bicyclic) bond motifs is 3. The summed E-state index contributed by atoms with van der Waals surface area (Å²) < 4.78 is 32.6. The first kappa shape index (κ1) is 34.7. The van der Waals surface area contributed by atoms with Crippen LogP contribution in [0, 0.1) is 17.8 Å². The van der Waals surface area contributed by atoms with E-state index < -0.39 is 88.9 Å². The van der Waals surface area contributed by atoms with Crippen molar-refractivity contribution in [3.63, 3.8) is 0 Å². The van der Waals surface area contributed by atoms with Crippen molar-refractivity contribution in [2.45, 2.75) is 145 Å². The molecule has 0 spiro atoms. The van der Waals surface area contributed by atoms with Gasteiger partial charge in [0.05, 0.1) is 12.2 Å².